The van der Waals surface area contributed by atoms with E-state index in [-0.39, 0.29) is 5.91 Å². The number of thioether (sulfide) groups is 1. The van der Waals surface area contributed by atoms with Gasteiger partial charge in [-0.05, 0) is 42.8 Å². The molecule has 2 heterocycles. The number of para-hydroxylation sites is 1. The van der Waals surface area contributed by atoms with Crippen LogP contribution in [0.1, 0.15) is 18.4 Å². The lowest BCUT2D eigenvalue weighted by Gasteiger charge is -2.28. The third kappa shape index (κ3) is 5.32. The molecule has 0 saturated heterocycles. The first-order chi connectivity index (χ1) is 18.4. The largest absolute Gasteiger partial charge is 0.495 e. The summed E-state index contributed by atoms with van der Waals surface area (Å²) in [4.78, 5) is 31.5. The highest BCUT2D eigenvalue weighted by atomic mass is 35.5. The van der Waals surface area contributed by atoms with Gasteiger partial charge in [-0.1, -0.05) is 71.9 Å². The van der Waals surface area contributed by atoms with Gasteiger partial charge in [-0.25, -0.2) is 9.79 Å². The first-order valence-electron chi connectivity index (χ1n) is 11.9. The number of urea groups is 1. The minimum Gasteiger partial charge on any atom is -0.495 e. The quantitative estimate of drug-likeness (QED) is 0.327. The molecule has 0 spiro atoms. The van der Waals surface area contributed by atoms with Gasteiger partial charge in [0.2, 0.25) is 0 Å². The van der Waals surface area contributed by atoms with Crippen molar-refractivity contribution in [3.63, 3.8) is 0 Å². The number of fused-ring (bicyclic) bond motifs is 1. The first kappa shape index (κ1) is 25.6. The summed E-state index contributed by atoms with van der Waals surface area (Å²) in [6.07, 6.45) is 0. The van der Waals surface area contributed by atoms with Crippen LogP contribution in [0, 0.1) is 0 Å². The summed E-state index contributed by atoms with van der Waals surface area (Å²) in [7, 11) is 1.52. The van der Waals surface area contributed by atoms with Crippen LogP contribution in [-0.2, 0) is 4.79 Å². The van der Waals surface area contributed by atoms with E-state index in [1.165, 1.54) is 18.9 Å². The predicted molar refractivity (Wildman–Crippen MR) is 154 cm³/mol. The van der Waals surface area contributed by atoms with Crippen LogP contribution in [0.4, 0.5) is 16.2 Å². The van der Waals surface area contributed by atoms with Gasteiger partial charge in [-0.3, -0.25) is 4.79 Å². The molecule has 3 N–H and O–H groups in total. The number of benzene rings is 3. The predicted octanol–water partition coefficient (Wildman–Crippen LogP) is 6.58. The number of anilines is 2. The average Bonchev–Trinajstić information content (AvgIpc) is 3.30. The second-order valence-corrected chi connectivity index (χ2v) is 10.1. The Labute approximate surface area is 230 Å². The van der Waals surface area contributed by atoms with Crippen LogP contribution in [0.3, 0.4) is 0 Å². The van der Waals surface area contributed by atoms with Gasteiger partial charge >= 0.3 is 6.03 Å². The molecule has 2 aliphatic heterocycles. The Bertz CT molecular complexity index is 1490. The molecule has 5 rings (SSSR count). The Balaban J connectivity index is 1.50. The maximum Gasteiger partial charge on any atom is 0.323 e. The van der Waals surface area contributed by atoms with E-state index in [4.69, 9.17) is 21.3 Å². The van der Waals surface area contributed by atoms with Gasteiger partial charge in [-0.15, -0.1) is 0 Å². The Morgan fingerprint density at radius 3 is 2.39 bits per heavy atom. The lowest BCUT2D eigenvalue weighted by atomic mass is 9.81. The van der Waals surface area contributed by atoms with Crippen LogP contribution in [0.15, 0.2) is 106 Å². The topological polar surface area (TPSA) is 91.8 Å². The number of hydrogen-bond donors (Lipinski definition) is 3. The summed E-state index contributed by atoms with van der Waals surface area (Å²) in [5, 5.41) is 10.1. The SMILES string of the molecule is COc1ccc(Cl)cc1NC(=O)NC1=C2C(=NC(C)=C(C(=O)Nc3ccccc3)C2c2ccccc2)SC1. The molecular formula is C29H25ClN4O3S. The van der Waals surface area contributed by atoms with Gasteiger partial charge < -0.3 is 20.7 Å². The Hall–Kier alpha value is -4.01. The molecule has 3 aromatic rings. The zero-order valence-corrected chi connectivity index (χ0v) is 22.3. The summed E-state index contributed by atoms with van der Waals surface area (Å²) in [6.45, 7) is 1.85. The number of nitrogens with zero attached hydrogens (tertiary/aromatic N) is 1. The van der Waals surface area contributed by atoms with E-state index in [0.29, 0.717) is 44.9 Å². The number of methoxy groups -OCH3 is 1. The van der Waals surface area contributed by atoms with Crippen LogP contribution in [0.2, 0.25) is 5.02 Å². The highest BCUT2D eigenvalue weighted by Gasteiger charge is 2.39. The van der Waals surface area contributed by atoms with Crippen molar-refractivity contribution in [1.29, 1.82) is 0 Å². The summed E-state index contributed by atoms with van der Waals surface area (Å²) in [5.41, 5.74) is 4.78. The molecule has 0 saturated carbocycles. The zero-order valence-electron chi connectivity index (χ0n) is 20.7. The Kier molecular flexibility index (Phi) is 7.53. The Morgan fingerprint density at radius 1 is 0.974 bits per heavy atom. The van der Waals surface area contributed by atoms with Crippen LogP contribution in [0.25, 0.3) is 0 Å². The minimum absolute atomic E-state index is 0.234. The van der Waals surface area contributed by atoms with Crippen molar-refractivity contribution in [2.45, 2.75) is 12.8 Å². The molecule has 7 nitrogen and oxygen atoms in total. The fourth-order valence-electron chi connectivity index (χ4n) is 4.55. The fourth-order valence-corrected chi connectivity index (χ4v) is 5.83. The molecule has 0 bridgehead atoms. The maximum absolute atomic E-state index is 13.6. The molecule has 38 heavy (non-hydrogen) atoms. The van der Waals surface area contributed by atoms with Gasteiger partial charge in [0.15, 0.2) is 0 Å². The molecule has 3 amide bonds. The van der Waals surface area contributed by atoms with Crippen LogP contribution in [0.5, 0.6) is 5.75 Å². The third-order valence-electron chi connectivity index (χ3n) is 6.23. The molecule has 0 radical (unpaired) electrons. The van der Waals surface area contributed by atoms with Crippen molar-refractivity contribution in [2.24, 2.45) is 4.99 Å². The number of halogens is 1. The molecule has 0 aromatic heterocycles. The van der Waals surface area contributed by atoms with Crippen LogP contribution < -0.4 is 20.7 Å². The van der Waals surface area contributed by atoms with E-state index in [0.717, 1.165) is 16.2 Å². The number of allylic oxidation sites excluding steroid dienone is 1. The average molecular weight is 545 g/mol. The van der Waals surface area contributed by atoms with E-state index in [2.05, 4.69) is 16.0 Å². The van der Waals surface area contributed by atoms with E-state index in [1.807, 2.05) is 67.6 Å². The summed E-state index contributed by atoms with van der Waals surface area (Å²) in [6, 6.07) is 23.7. The molecule has 2 aliphatic rings. The standard InChI is InChI=1S/C29H25ClN4O3S/c1-17-24(27(35)32-20-11-7-4-8-12-20)25(18-9-5-3-6-10-18)26-22(16-38-28(26)31-17)34-29(36)33-21-15-19(30)13-14-23(21)37-2/h3-15,25H,16H2,1-2H3,(H,32,35)(H2,33,34,36). The van der Waals surface area contributed by atoms with Crippen molar-refractivity contribution in [3.8, 4) is 5.75 Å². The van der Waals surface area contributed by atoms with E-state index in [1.54, 1.807) is 18.2 Å². The van der Waals surface area contributed by atoms with Crippen molar-refractivity contribution in [2.75, 3.05) is 23.5 Å². The highest BCUT2D eigenvalue weighted by molar-refractivity contribution is 8.15. The first-order valence-corrected chi connectivity index (χ1v) is 13.3. The van der Waals surface area contributed by atoms with Crippen molar-refractivity contribution in [3.05, 3.63) is 112 Å². The van der Waals surface area contributed by atoms with Gasteiger partial charge in [0, 0.05) is 39.3 Å². The van der Waals surface area contributed by atoms with Gasteiger partial charge in [0.1, 0.15) is 10.8 Å². The van der Waals surface area contributed by atoms with Crippen molar-refractivity contribution >= 4 is 51.7 Å². The second-order valence-electron chi connectivity index (χ2n) is 8.68. The van der Waals surface area contributed by atoms with Crippen molar-refractivity contribution < 1.29 is 14.3 Å². The minimum atomic E-state index is -0.441. The summed E-state index contributed by atoms with van der Waals surface area (Å²) < 4.78 is 5.35. The van der Waals surface area contributed by atoms with E-state index in [9.17, 15) is 9.59 Å². The fraction of sp³-hybridized carbons (Fsp3) is 0.138. The number of hydrogen-bond acceptors (Lipinski definition) is 5. The maximum atomic E-state index is 13.6. The number of carbonyl (C=O) groups is 2. The van der Waals surface area contributed by atoms with E-state index >= 15 is 0 Å². The summed E-state index contributed by atoms with van der Waals surface area (Å²) in [5.74, 6) is 0.363. The van der Waals surface area contributed by atoms with Gasteiger partial charge in [0.25, 0.3) is 5.91 Å². The monoisotopic (exact) mass is 544 g/mol. The number of aliphatic imine (C=N–C) groups is 1. The van der Waals surface area contributed by atoms with Crippen molar-refractivity contribution in [1.82, 2.24) is 5.32 Å². The van der Waals surface area contributed by atoms with E-state index < -0.39 is 11.9 Å². The molecule has 0 fully saturated rings. The number of rotatable bonds is 6. The molecule has 0 aliphatic carbocycles. The lowest BCUT2D eigenvalue weighted by molar-refractivity contribution is -0.113. The lowest BCUT2D eigenvalue weighted by Crippen LogP contribution is -2.32. The normalized spacial score (nSPS) is 16.5. The molecule has 9 heteroatoms. The van der Waals surface area contributed by atoms with Crippen LogP contribution in [-0.4, -0.2) is 29.8 Å². The summed E-state index contributed by atoms with van der Waals surface area (Å²) >= 11 is 7.66. The van der Waals surface area contributed by atoms with Crippen LogP contribution >= 0.6 is 23.4 Å². The zero-order chi connectivity index (χ0) is 26.6. The van der Waals surface area contributed by atoms with Gasteiger partial charge in [0.05, 0.1) is 18.4 Å². The number of carbonyl (C=O) groups excluding carboxylic acids is 2. The van der Waals surface area contributed by atoms with Gasteiger partial charge in [-0.2, -0.15) is 0 Å². The third-order valence-corrected chi connectivity index (χ3v) is 7.48. The number of ether oxygens (including phenoxy) is 1. The highest BCUT2D eigenvalue weighted by Crippen LogP contribution is 2.45. The molecule has 192 valence electrons. The smallest absolute Gasteiger partial charge is 0.323 e. The molecule has 1 unspecified atom stereocenters. The number of nitrogens with one attached hydrogen (secondary N) is 3. The number of amides is 3. The second kappa shape index (κ2) is 11.2. The Morgan fingerprint density at radius 2 is 1.68 bits per heavy atom. The molecule has 1 atom stereocenters. The molecule has 3 aromatic carbocycles. The molecular weight excluding hydrogens is 520 g/mol.